The molecule has 138 valence electrons. The Morgan fingerprint density at radius 2 is 1.33 bits per heavy atom. The van der Waals surface area contributed by atoms with Gasteiger partial charge in [-0.05, 0) is 53.3 Å². The zero-order chi connectivity index (χ0) is 19.1. The molecule has 0 saturated carbocycles. The van der Waals surface area contributed by atoms with Gasteiger partial charge in [-0.25, -0.2) is 0 Å². The lowest BCUT2D eigenvalue weighted by Gasteiger charge is -2.17. The molecule has 2 nitrogen and oxygen atoms in total. The van der Waals surface area contributed by atoms with Crippen molar-refractivity contribution in [1.29, 1.82) is 0 Å². The Balaban J connectivity index is 2.16. The predicted molar refractivity (Wildman–Crippen MR) is 115 cm³/mol. The van der Waals surface area contributed by atoms with E-state index in [0.29, 0.717) is 5.88 Å². The average Bonchev–Trinajstić information content (AvgIpc) is 2.70. The summed E-state index contributed by atoms with van der Waals surface area (Å²) in [5.41, 5.74) is 11.6. The molecule has 0 radical (unpaired) electrons. The molecule has 2 N–H and O–H groups in total. The summed E-state index contributed by atoms with van der Waals surface area (Å²) in [6, 6.07) is 28.9. The van der Waals surface area contributed by atoms with Crippen molar-refractivity contribution in [2.45, 2.75) is 19.6 Å². The van der Waals surface area contributed by atoms with E-state index in [-0.39, 0.29) is 6.23 Å². The molecule has 0 aliphatic heterocycles. The summed E-state index contributed by atoms with van der Waals surface area (Å²) >= 11 is 6.18. The number of alkyl halides is 1. The second-order valence-corrected chi connectivity index (χ2v) is 6.75. The van der Waals surface area contributed by atoms with Crippen molar-refractivity contribution in [3.8, 4) is 5.75 Å². The third kappa shape index (κ3) is 5.00. The van der Waals surface area contributed by atoms with Gasteiger partial charge < -0.3 is 4.74 Å². The van der Waals surface area contributed by atoms with Crippen molar-refractivity contribution in [3.05, 3.63) is 102 Å². The number of hydrogen-bond donors (Lipinski definition) is 1. The number of nitrogens with two attached hydrogens (primary N) is 1. The number of halogens is 1. The van der Waals surface area contributed by atoms with Crippen LogP contribution in [0, 0.1) is 0 Å². The lowest BCUT2D eigenvalue weighted by Crippen LogP contribution is -2.22. The molecule has 3 rings (SSSR count). The molecule has 0 bridgehead atoms. The molecule has 0 heterocycles. The summed E-state index contributed by atoms with van der Waals surface area (Å²) in [5.74, 6) is 1.33. The molecule has 1 atom stereocenters. The molecular weight excluding hydrogens is 354 g/mol. The van der Waals surface area contributed by atoms with Gasteiger partial charge >= 0.3 is 0 Å². The summed E-state index contributed by atoms with van der Waals surface area (Å²) in [5, 5.41) is 0. The maximum atomic E-state index is 6.18. The molecule has 0 fully saturated rings. The SMILES string of the molecule is CC(N)Oc1ccc(C(=C(CCCl)c2ccccc2)c2ccccc2)cc1. The van der Waals surface area contributed by atoms with Crippen LogP contribution in [0.2, 0.25) is 0 Å². The topological polar surface area (TPSA) is 35.2 Å². The maximum absolute atomic E-state index is 6.18. The van der Waals surface area contributed by atoms with Gasteiger partial charge in [-0.2, -0.15) is 0 Å². The normalized spacial score (nSPS) is 13.0. The van der Waals surface area contributed by atoms with Gasteiger partial charge in [0.05, 0.1) is 0 Å². The van der Waals surface area contributed by atoms with E-state index in [9.17, 15) is 0 Å². The minimum absolute atomic E-state index is 0.337. The van der Waals surface area contributed by atoms with Gasteiger partial charge in [0, 0.05) is 5.88 Å². The van der Waals surface area contributed by atoms with E-state index in [1.807, 2.05) is 31.2 Å². The molecule has 0 aliphatic rings. The number of hydrogen-bond acceptors (Lipinski definition) is 2. The zero-order valence-corrected chi connectivity index (χ0v) is 16.2. The van der Waals surface area contributed by atoms with Gasteiger partial charge in [-0.1, -0.05) is 72.8 Å². The van der Waals surface area contributed by atoms with Gasteiger partial charge in [-0.3, -0.25) is 5.73 Å². The lowest BCUT2D eigenvalue weighted by atomic mass is 9.88. The summed E-state index contributed by atoms with van der Waals surface area (Å²) < 4.78 is 5.59. The first-order chi connectivity index (χ1) is 13.2. The third-order valence-electron chi connectivity index (χ3n) is 4.30. The highest BCUT2D eigenvalue weighted by Crippen LogP contribution is 2.35. The van der Waals surface area contributed by atoms with E-state index in [4.69, 9.17) is 22.1 Å². The van der Waals surface area contributed by atoms with Gasteiger partial charge in [0.15, 0.2) is 0 Å². The molecule has 0 spiro atoms. The molecule has 0 aromatic heterocycles. The average molecular weight is 378 g/mol. The van der Waals surface area contributed by atoms with Crippen molar-refractivity contribution in [2.24, 2.45) is 5.73 Å². The third-order valence-corrected chi connectivity index (χ3v) is 4.48. The minimum Gasteiger partial charge on any atom is -0.476 e. The second-order valence-electron chi connectivity index (χ2n) is 6.37. The van der Waals surface area contributed by atoms with E-state index < -0.39 is 0 Å². The highest BCUT2D eigenvalue weighted by Gasteiger charge is 2.14. The Labute approximate surface area is 166 Å². The van der Waals surface area contributed by atoms with E-state index >= 15 is 0 Å². The summed E-state index contributed by atoms with van der Waals surface area (Å²) in [7, 11) is 0. The minimum atomic E-state index is -0.337. The molecule has 3 aromatic carbocycles. The fourth-order valence-corrected chi connectivity index (χ4v) is 3.37. The fourth-order valence-electron chi connectivity index (χ4n) is 3.18. The summed E-state index contributed by atoms with van der Waals surface area (Å²) in [4.78, 5) is 0. The number of rotatable bonds is 7. The van der Waals surface area contributed by atoms with Gasteiger partial charge in [0.25, 0.3) is 0 Å². The van der Waals surface area contributed by atoms with Crippen molar-refractivity contribution in [2.75, 3.05) is 5.88 Å². The van der Waals surface area contributed by atoms with E-state index in [2.05, 4.69) is 60.7 Å². The first-order valence-corrected chi connectivity index (χ1v) is 9.65. The van der Waals surface area contributed by atoms with Crippen molar-refractivity contribution >= 4 is 22.7 Å². The van der Waals surface area contributed by atoms with Crippen LogP contribution < -0.4 is 10.5 Å². The monoisotopic (exact) mass is 377 g/mol. The zero-order valence-electron chi connectivity index (χ0n) is 15.4. The second kappa shape index (κ2) is 9.40. The summed E-state index contributed by atoms with van der Waals surface area (Å²) in [6.45, 7) is 1.82. The van der Waals surface area contributed by atoms with Crippen molar-refractivity contribution in [3.63, 3.8) is 0 Å². The van der Waals surface area contributed by atoms with Crippen LogP contribution in [-0.2, 0) is 0 Å². The summed E-state index contributed by atoms with van der Waals surface area (Å²) in [6.07, 6.45) is 0.449. The Morgan fingerprint density at radius 3 is 1.85 bits per heavy atom. The van der Waals surface area contributed by atoms with Crippen LogP contribution in [0.5, 0.6) is 5.75 Å². The molecule has 0 saturated heterocycles. The van der Waals surface area contributed by atoms with Crippen LogP contribution in [0.3, 0.4) is 0 Å². The number of ether oxygens (including phenoxy) is 1. The maximum Gasteiger partial charge on any atom is 0.144 e. The molecule has 1 unspecified atom stereocenters. The number of benzene rings is 3. The largest absolute Gasteiger partial charge is 0.476 e. The first kappa shape index (κ1) is 19.2. The standard InChI is InChI=1S/C24H24ClNO/c1-18(26)27-22-14-12-21(13-15-22)24(20-10-6-3-7-11-20)23(16-17-25)19-8-4-2-5-9-19/h2-15,18H,16-17,26H2,1H3. The van der Waals surface area contributed by atoms with Gasteiger partial charge in [-0.15, -0.1) is 11.6 Å². The highest BCUT2D eigenvalue weighted by molar-refractivity contribution is 6.18. The van der Waals surface area contributed by atoms with Crippen LogP contribution in [0.15, 0.2) is 84.9 Å². The van der Waals surface area contributed by atoms with Gasteiger partial charge in [0.2, 0.25) is 0 Å². The van der Waals surface area contributed by atoms with Crippen molar-refractivity contribution < 1.29 is 4.74 Å². The first-order valence-electron chi connectivity index (χ1n) is 9.11. The van der Waals surface area contributed by atoms with Crippen LogP contribution in [0.1, 0.15) is 30.0 Å². The van der Waals surface area contributed by atoms with Gasteiger partial charge in [0.1, 0.15) is 12.0 Å². The molecule has 27 heavy (non-hydrogen) atoms. The van der Waals surface area contributed by atoms with Crippen molar-refractivity contribution in [1.82, 2.24) is 0 Å². The fraction of sp³-hybridized carbons (Fsp3) is 0.167. The highest BCUT2D eigenvalue weighted by atomic mass is 35.5. The van der Waals surface area contributed by atoms with E-state index in [1.54, 1.807) is 0 Å². The number of allylic oxidation sites excluding steroid dienone is 1. The Kier molecular flexibility index (Phi) is 6.69. The Bertz CT molecular complexity index is 871. The predicted octanol–water partition coefficient (Wildman–Crippen LogP) is 5.96. The molecular formula is C24H24ClNO. The molecule has 0 amide bonds. The Hall–Kier alpha value is -2.55. The van der Waals surface area contributed by atoms with Crippen LogP contribution in [0.4, 0.5) is 0 Å². The van der Waals surface area contributed by atoms with Crippen LogP contribution in [-0.4, -0.2) is 12.1 Å². The lowest BCUT2D eigenvalue weighted by molar-refractivity contribution is 0.230. The molecule has 3 aromatic rings. The quantitative estimate of drug-likeness (QED) is 0.313. The molecule has 0 aliphatic carbocycles. The molecule has 3 heteroatoms. The smallest absolute Gasteiger partial charge is 0.144 e. The van der Waals surface area contributed by atoms with E-state index in [0.717, 1.165) is 17.7 Å². The van der Waals surface area contributed by atoms with Crippen LogP contribution >= 0.6 is 11.6 Å². The van der Waals surface area contributed by atoms with Crippen LogP contribution in [0.25, 0.3) is 11.1 Å². The van der Waals surface area contributed by atoms with E-state index in [1.165, 1.54) is 22.3 Å². The Morgan fingerprint density at radius 1 is 0.815 bits per heavy atom.